The zero-order valence-electron chi connectivity index (χ0n) is 13.1. The SMILES string of the molecule is CCOc1ccc(N2N=C(CN)CC2c2ccccc2Cl)cc1. The van der Waals surface area contributed by atoms with E-state index in [1.807, 2.05) is 60.5 Å². The summed E-state index contributed by atoms with van der Waals surface area (Å²) in [6, 6.07) is 15.9. The number of ether oxygens (including phenoxy) is 1. The Kier molecular flexibility index (Phi) is 4.84. The van der Waals surface area contributed by atoms with Gasteiger partial charge in [-0.05, 0) is 42.8 Å². The smallest absolute Gasteiger partial charge is 0.119 e. The Balaban J connectivity index is 1.93. The van der Waals surface area contributed by atoms with E-state index in [1.165, 1.54) is 0 Å². The van der Waals surface area contributed by atoms with E-state index >= 15 is 0 Å². The molecule has 0 fully saturated rings. The van der Waals surface area contributed by atoms with Crippen molar-refractivity contribution in [3.8, 4) is 5.75 Å². The van der Waals surface area contributed by atoms with Gasteiger partial charge in [-0.1, -0.05) is 29.8 Å². The van der Waals surface area contributed by atoms with Gasteiger partial charge in [0.05, 0.1) is 24.0 Å². The van der Waals surface area contributed by atoms with Crippen LogP contribution in [0.3, 0.4) is 0 Å². The number of hydrogen-bond acceptors (Lipinski definition) is 4. The summed E-state index contributed by atoms with van der Waals surface area (Å²) in [4.78, 5) is 0. The van der Waals surface area contributed by atoms with E-state index in [2.05, 4.69) is 5.10 Å². The van der Waals surface area contributed by atoms with E-state index in [0.29, 0.717) is 13.2 Å². The molecule has 1 aliphatic heterocycles. The number of benzene rings is 2. The summed E-state index contributed by atoms with van der Waals surface area (Å²) >= 11 is 6.39. The van der Waals surface area contributed by atoms with Gasteiger partial charge in [-0.25, -0.2) is 0 Å². The van der Waals surface area contributed by atoms with Crippen LogP contribution in [0.25, 0.3) is 0 Å². The van der Waals surface area contributed by atoms with Crippen molar-refractivity contribution >= 4 is 23.0 Å². The van der Waals surface area contributed by atoms with E-state index in [4.69, 9.17) is 22.1 Å². The zero-order chi connectivity index (χ0) is 16.2. The molecule has 0 spiro atoms. The minimum absolute atomic E-state index is 0.0696. The first-order valence-corrected chi connectivity index (χ1v) is 8.13. The number of rotatable bonds is 5. The molecule has 1 unspecified atom stereocenters. The molecule has 3 rings (SSSR count). The summed E-state index contributed by atoms with van der Waals surface area (Å²) in [6.07, 6.45) is 0.785. The van der Waals surface area contributed by atoms with Crippen LogP contribution in [-0.4, -0.2) is 18.9 Å². The Bertz CT molecular complexity index is 700. The second-order valence-electron chi connectivity index (χ2n) is 5.38. The molecule has 5 heteroatoms. The van der Waals surface area contributed by atoms with Gasteiger partial charge in [0, 0.05) is 18.0 Å². The van der Waals surface area contributed by atoms with Gasteiger partial charge in [0.1, 0.15) is 5.75 Å². The lowest BCUT2D eigenvalue weighted by molar-refractivity contribution is 0.340. The average molecular weight is 330 g/mol. The fourth-order valence-corrected chi connectivity index (χ4v) is 3.04. The topological polar surface area (TPSA) is 50.8 Å². The van der Waals surface area contributed by atoms with Crippen LogP contribution in [0.2, 0.25) is 5.02 Å². The molecular formula is C18H20ClN3O. The third kappa shape index (κ3) is 3.33. The highest BCUT2D eigenvalue weighted by atomic mass is 35.5. The van der Waals surface area contributed by atoms with E-state index < -0.39 is 0 Å². The highest BCUT2D eigenvalue weighted by Gasteiger charge is 2.29. The maximum Gasteiger partial charge on any atom is 0.119 e. The molecular weight excluding hydrogens is 310 g/mol. The number of hydrazone groups is 1. The maximum absolute atomic E-state index is 6.39. The van der Waals surface area contributed by atoms with Crippen LogP contribution >= 0.6 is 11.6 Å². The average Bonchev–Trinajstić information content (AvgIpc) is 3.00. The molecule has 1 atom stereocenters. The number of nitrogens with zero attached hydrogens (tertiary/aromatic N) is 2. The third-order valence-corrected chi connectivity index (χ3v) is 4.23. The van der Waals surface area contributed by atoms with Crippen molar-refractivity contribution < 1.29 is 4.74 Å². The highest BCUT2D eigenvalue weighted by molar-refractivity contribution is 6.31. The lowest BCUT2D eigenvalue weighted by Gasteiger charge is -2.25. The molecule has 0 aliphatic carbocycles. The molecule has 1 heterocycles. The Morgan fingerprint density at radius 1 is 1.22 bits per heavy atom. The van der Waals surface area contributed by atoms with Gasteiger partial charge in [0.15, 0.2) is 0 Å². The first-order chi connectivity index (χ1) is 11.2. The zero-order valence-corrected chi connectivity index (χ0v) is 13.8. The van der Waals surface area contributed by atoms with Crippen LogP contribution in [-0.2, 0) is 0 Å². The maximum atomic E-state index is 6.39. The molecule has 0 radical (unpaired) electrons. The number of anilines is 1. The molecule has 120 valence electrons. The largest absolute Gasteiger partial charge is 0.494 e. The molecule has 23 heavy (non-hydrogen) atoms. The van der Waals surface area contributed by atoms with Gasteiger partial charge in [-0.3, -0.25) is 5.01 Å². The van der Waals surface area contributed by atoms with E-state index in [1.54, 1.807) is 0 Å². The summed E-state index contributed by atoms with van der Waals surface area (Å²) in [5.41, 5.74) is 8.85. The Labute approximate surface area is 141 Å². The van der Waals surface area contributed by atoms with Crippen LogP contribution in [0, 0.1) is 0 Å². The molecule has 0 saturated heterocycles. The molecule has 0 amide bonds. The molecule has 0 aromatic heterocycles. The minimum atomic E-state index is 0.0696. The molecule has 1 aliphatic rings. The quantitative estimate of drug-likeness (QED) is 0.901. The summed E-state index contributed by atoms with van der Waals surface area (Å²) in [6.45, 7) is 3.08. The second kappa shape index (κ2) is 7.02. The molecule has 4 nitrogen and oxygen atoms in total. The summed E-state index contributed by atoms with van der Waals surface area (Å²) in [7, 11) is 0. The molecule has 2 aromatic rings. The lowest BCUT2D eigenvalue weighted by atomic mass is 10.0. The minimum Gasteiger partial charge on any atom is -0.494 e. The van der Waals surface area contributed by atoms with Crippen LogP contribution in [0.1, 0.15) is 24.9 Å². The van der Waals surface area contributed by atoms with Crippen molar-refractivity contribution in [2.75, 3.05) is 18.2 Å². The normalized spacial score (nSPS) is 17.3. The van der Waals surface area contributed by atoms with Crippen molar-refractivity contribution in [1.82, 2.24) is 0 Å². The molecule has 2 N–H and O–H groups in total. The van der Waals surface area contributed by atoms with Gasteiger partial charge in [-0.15, -0.1) is 0 Å². The predicted molar refractivity (Wildman–Crippen MR) is 95.4 cm³/mol. The van der Waals surface area contributed by atoms with Gasteiger partial charge in [-0.2, -0.15) is 5.10 Å². The van der Waals surface area contributed by atoms with Gasteiger partial charge >= 0.3 is 0 Å². The van der Waals surface area contributed by atoms with Crippen molar-refractivity contribution in [3.05, 3.63) is 59.1 Å². The van der Waals surface area contributed by atoms with Gasteiger partial charge in [0.25, 0.3) is 0 Å². The standard InChI is InChI=1S/C18H20ClN3O/c1-2-23-15-9-7-14(8-10-15)22-18(11-13(12-20)21-22)16-5-3-4-6-17(16)19/h3-10,18H,2,11-12,20H2,1H3. The Morgan fingerprint density at radius 2 is 1.96 bits per heavy atom. The number of hydrogen-bond donors (Lipinski definition) is 1. The number of nitrogens with two attached hydrogens (primary N) is 1. The first kappa shape index (κ1) is 15.8. The summed E-state index contributed by atoms with van der Waals surface area (Å²) < 4.78 is 5.50. The van der Waals surface area contributed by atoms with E-state index in [9.17, 15) is 0 Å². The Morgan fingerprint density at radius 3 is 2.61 bits per heavy atom. The monoisotopic (exact) mass is 329 g/mol. The van der Waals surface area contributed by atoms with Gasteiger partial charge in [0.2, 0.25) is 0 Å². The van der Waals surface area contributed by atoms with Crippen molar-refractivity contribution in [1.29, 1.82) is 0 Å². The van der Waals surface area contributed by atoms with Crippen molar-refractivity contribution in [3.63, 3.8) is 0 Å². The predicted octanol–water partition coefficient (Wildman–Crippen LogP) is 4.00. The second-order valence-corrected chi connectivity index (χ2v) is 5.79. The van der Waals surface area contributed by atoms with Gasteiger partial charge < -0.3 is 10.5 Å². The molecule has 0 saturated carbocycles. The van der Waals surface area contributed by atoms with Crippen molar-refractivity contribution in [2.45, 2.75) is 19.4 Å². The van der Waals surface area contributed by atoms with Crippen molar-refractivity contribution in [2.24, 2.45) is 10.8 Å². The fourth-order valence-electron chi connectivity index (χ4n) is 2.78. The van der Waals surface area contributed by atoms with E-state index in [-0.39, 0.29) is 6.04 Å². The van der Waals surface area contributed by atoms with Crippen LogP contribution in [0.4, 0.5) is 5.69 Å². The highest BCUT2D eigenvalue weighted by Crippen LogP contribution is 2.38. The number of halogens is 1. The summed E-state index contributed by atoms with van der Waals surface area (Å²) in [5, 5.41) is 7.43. The fraction of sp³-hybridized carbons (Fsp3) is 0.278. The summed E-state index contributed by atoms with van der Waals surface area (Å²) in [5.74, 6) is 0.854. The third-order valence-electron chi connectivity index (χ3n) is 3.89. The first-order valence-electron chi connectivity index (χ1n) is 7.76. The molecule has 2 aromatic carbocycles. The van der Waals surface area contributed by atoms with Crippen LogP contribution in [0.5, 0.6) is 5.75 Å². The van der Waals surface area contributed by atoms with E-state index in [0.717, 1.165) is 34.2 Å². The lowest BCUT2D eigenvalue weighted by Crippen LogP contribution is -2.19. The van der Waals surface area contributed by atoms with Crippen LogP contribution in [0.15, 0.2) is 53.6 Å². The molecule has 0 bridgehead atoms. The Hall–Kier alpha value is -2.04. The van der Waals surface area contributed by atoms with Crippen LogP contribution < -0.4 is 15.5 Å².